The quantitative estimate of drug-likeness (QED) is 0.766. The van der Waals surface area contributed by atoms with Gasteiger partial charge in [0.05, 0.1) is 17.7 Å². The molecule has 0 spiro atoms. The molecule has 2 atom stereocenters. The molecule has 0 unspecified atom stereocenters. The van der Waals surface area contributed by atoms with Crippen LogP contribution in [0.5, 0.6) is 5.75 Å². The smallest absolute Gasteiger partial charge is 0.261 e. The first-order chi connectivity index (χ1) is 12.1. The first-order valence-corrected chi connectivity index (χ1v) is 8.02. The van der Waals surface area contributed by atoms with Crippen molar-refractivity contribution in [2.45, 2.75) is 26.0 Å². The minimum Gasteiger partial charge on any atom is -0.481 e. The van der Waals surface area contributed by atoms with E-state index in [0.717, 1.165) is 11.0 Å². The number of nitrogens with zero attached hydrogens (tertiary/aromatic N) is 1. The molecule has 0 aliphatic heterocycles. The van der Waals surface area contributed by atoms with E-state index in [0.29, 0.717) is 17.1 Å². The second kappa shape index (κ2) is 7.10. The number of carbonyl (C=O) groups excluding carboxylic acids is 1. The lowest BCUT2D eigenvalue weighted by molar-refractivity contribution is -0.128. The van der Waals surface area contributed by atoms with Gasteiger partial charge in [0.25, 0.3) is 5.91 Å². The monoisotopic (exact) mass is 334 g/mol. The highest BCUT2D eigenvalue weighted by atomic mass is 16.5. The molecule has 3 rings (SSSR count). The number of fused-ring (bicyclic) bond motifs is 1. The number of nitriles is 1. The van der Waals surface area contributed by atoms with Gasteiger partial charge in [-0.2, -0.15) is 5.26 Å². The lowest BCUT2D eigenvalue weighted by Crippen LogP contribution is -2.37. The van der Waals surface area contributed by atoms with Gasteiger partial charge < -0.3 is 14.5 Å². The predicted molar refractivity (Wildman–Crippen MR) is 94.0 cm³/mol. The first-order valence-electron chi connectivity index (χ1n) is 8.02. The molecule has 1 heterocycles. The number of ether oxygens (including phenoxy) is 1. The zero-order chi connectivity index (χ0) is 17.8. The van der Waals surface area contributed by atoms with Gasteiger partial charge in [0.15, 0.2) is 6.10 Å². The van der Waals surface area contributed by atoms with Crippen molar-refractivity contribution in [3.05, 3.63) is 65.9 Å². The summed E-state index contributed by atoms with van der Waals surface area (Å²) in [5.74, 6) is 0.996. The number of rotatable bonds is 5. The van der Waals surface area contributed by atoms with E-state index in [1.807, 2.05) is 43.3 Å². The third-order valence-corrected chi connectivity index (χ3v) is 3.90. The van der Waals surface area contributed by atoms with Gasteiger partial charge in [-0.15, -0.1) is 0 Å². The van der Waals surface area contributed by atoms with Crippen molar-refractivity contribution in [3.63, 3.8) is 0 Å². The van der Waals surface area contributed by atoms with Crippen molar-refractivity contribution in [2.75, 3.05) is 0 Å². The number of hydrogen-bond acceptors (Lipinski definition) is 4. The Balaban J connectivity index is 1.62. The normalized spacial score (nSPS) is 13.0. The van der Waals surface area contributed by atoms with Crippen LogP contribution in [0.4, 0.5) is 0 Å². The van der Waals surface area contributed by atoms with Crippen molar-refractivity contribution < 1.29 is 13.9 Å². The van der Waals surface area contributed by atoms with Gasteiger partial charge in [-0.25, -0.2) is 0 Å². The fourth-order valence-electron chi connectivity index (χ4n) is 2.48. The summed E-state index contributed by atoms with van der Waals surface area (Å²) in [6, 6.07) is 18.0. The van der Waals surface area contributed by atoms with Crippen molar-refractivity contribution in [2.24, 2.45) is 0 Å². The SMILES string of the molecule is C[C@@H](Oc1ccc(C#N)cc1)C(=O)N[C@H](C)c1cc2ccccc2o1. The Bertz CT molecular complexity index is 889. The van der Waals surface area contributed by atoms with Crippen LogP contribution in [-0.4, -0.2) is 12.0 Å². The number of hydrogen-bond donors (Lipinski definition) is 1. The summed E-state index contributed by atoms with van der Waals surface area (Å²) in [6.07, 6.45) is -0.667. The van der Waals surface area contributed by atoms with Crippen LogP contribution in [0.2, 0.25) is 0 Å². The van der Waals surface area contributed by atoms with Crippen molar-refractivity contribution >= 4 is 16.9 Å². The average molecular weight is 334 g/mol. The van der Waals surface area contributed by atoms with E-state index in [4.69, 9.17) is 14.4 Å². The van der Waals surface area contributed by atoms with Gasteiger partial charge in [-0.3, -0.25) is 4.79 Å². The molecule has 3 aromatic rings. The zero-order valence-corrected chi connectivity index (χ0v) is 14.0. The minimum absolute atomic E-state index is 0.239. The average Bonchev–Trinajstić information content (AvgIpc) is 3.06. The highest BCUT2D eigenvalue weighted by Gasteiger charge is 2.19. The van der Waals surface area contributed by atoms with Crippen LogP contribution in [0.15, 0.2) is 59.0 Å². The minimum atomic E-state index is -0.667. The van der Waals surface area contributed by atoms with Crippen LogP contribution >= 0.6 is 0 Å². The van der Waals surface area contributed by atoms with Gasteiger partial charge in [0.1, 0.15) is 17.1 Å². The molecule has 0 aliphatic carbocycles. The lowest BCUT2D eigenvalue weighted by atomic mass is 10.2. The topological polar surface area (TPSA) is 75.3 Å². The maximum absolute atomic E-state index is 12.3. The fourth-order valence-corrected chi connectivity index (χ4v) is 2.48. The maximum atomic E-state index is 12.3. The second-order valence-corrected chi connectivity index (χ2v) is 5.81. The Morgan fingerprint density at radius 3 is 2.56 bits per heavy atom. The van der Waals surface area contributed by atoms with Gasteiger partial charge in [0.2, 0.25) is 0 Å². The van der Waals surface area contributed by atoms with Gasteiger partial charge in [-0.1, -0.05) is 18.2 Å². The summed E-state index contributed by atoms with van der Waals surface area (Å²) < 4.78 is 11.4. The van der Waals surface area contributed by atoms with Gasteiger partial charge in [-0.05, 0) is 50.2 Å². The Labute approximate surface area is 145 Å². The van der Waals surface area contributed by atoms with E-state index in [1.165, 1.54) is 0 Å². The van der Waals surface area contributed by atoms with Crippen LogP contribution in [0.1, 0.15) is 31.2 Å². The van der Waals surface area contributed by atoms with Gasteiger partial charge >= 0.3 is 0 Å². The first kappa shape index (κ1) is 16.6. The van der Waals surface area contributed by atoms with E-state index >= 15 is 0 Å². The summed E-state index contributed by atoms with van der Waals surface area (Å²) in [6.45, 7) is 3.54. The zero-order valence-electron chi connectivity index (χ0n) is 14.0. The molecule has 5 heteroatoms. The molecule has 2 aromatic carbocycles. The standard InChI is InChI=1S/C20H18N2O3/c1-13(19-11-16-5-3-4-6-18(16)25-19)22-20(23)14(2)24-17-9-7-15(12-21)8-10-17/h3-11,13-14H,1-2H3,(H,22,23)/t13-,14-/m1/s1. The summed E-state index contributed by atoms with van der Waals surface area (Å²) in [4.78, 5) is 12.3. The number of nitrogens with one attached hydrogen (secondary N) is 1. The molecule has 0 bridgehead atoms. The lowest BCUT2D eigenvalue weighted by Gasteiger charge is -2.17. The summed E-state index contributed by atoms with van der Waals surface area (Å²) in [5, 5.41) is 12.7. The van der Waals surface area contributed by atoms with E-state index in [9.17, 15) is 4.79 Å². The molecule has 1 amide bonds. The highest BCUT2D eigenvalue weighted by Crippen LogP contribution is 2.23. The van der Waals surface area contributed by atoms with Gasteiger partial charge in [0, 0.05) is 5.39 Å². The largest absolute Gasteiger partial charge is 0.481 e. The molecule has 0 saturated carbocycles. The number of benzene rings is 2. The molecule has 0 radical (unpaired) electrons. The molecule has 0 aliphatic rings. The summed E-state index contributed by atoms with van der Waals surface area (Å²) in [7, 11) is 0. The molecule has 126 valence electrons. The molecular formula is C20H18N2O3. The van der Waals surface area contributed by atoms with Crippen LogP contribution in [0.3, 0.4) is 0 Å². The molecular weight excluding hydrogens is 316 g/mol. The maximum Gasteiger partial charge on any atom is 0.261 e. The Morgan fingerprint density at radius 1 is 1.16 bits per heavy atom. The third kappa shape index (κ3) is 3.81. The molecule has 0 saturated heterocycles. The number of amides is 1. The Kier molecular flexibility index (Phi) is 4.71. The van der Waals surface area contributed by atoms with E-state index in [-0.39, 0.29) is 11.9 Å². The molecule has 5 nitrogen and oxygen atoms in total. The fraction of sp³-hybridized carbons (Fsp3) is 0.200. The van der Waals surface area contributed by atoms with Crippen LogP contribution in [0, 0.1) is 11.3 Å². The summed E-state index contributed by atoms with van der Waals surface area (Å²) >= 11 is 0. The molecule has 1 aromatic heterocycles. The van der Waals surface area contributed by atoms with E-state index < -0.39 is 6.10 Å². The van der Waals surface area contributed by atoms with Crippen LogP contribution in [0.25, 0.3) is 11.0 Å². The summed E-state index contributed by atoms with van der Waals surface area (Å²) in [5.41, 5.74) is 1.34. The van der Waals surface area contributed by atoms with Crippen molar-refractivity contribution in [1.29, 1.82) is 5.26 Å². The number of furan rings is 1. The number of carbonyl (C=O) groups is 1. The second-order valence-electron chi connectivity index (χ2n) is 5.81. The number of para-hydroxylation sites is 1. The predicted octanol–water partition coefficient (Wildman–Crippen LogP) is 3.95. The van der Waals surface area contributed by atoms with Crippen molar-refractivity contribution in [1.82, 2.24) is 5.32 Å². The van der Waals surface area contributed by atoms with Crippen LogP contribution in [-0.2, 0) is 4.79 Å². The van der Waals surface area contributed by atoms with E-state index in [2.05, 4.69) is 5.32 Å². The Hall–Kier alpha value is -3.26. The van der Waals surface area contributed by atoms with E-state index in [1.54, 1.807) is 31.2 Å². The Morgan fingerprint density at radius 2 is 1.88 bits per heavy atom. The molecule has 25 heavy (non-hydrogen) atoms. The highest BCUT2D eigenvalue weighted by molar-refractivity contribution is 5.82. The molecule has 1 N–H and O–H groups in total. The molecule has 0 fully saturated rings. The third-order valence-electron chi connectivity index (χ3n) is 3.90. The van der Waals surface area contributed by atoms with Crippen LogP contribution < -0.4 is 10.1 Å². The van der Waals surface area contributed by atoms with Crippen molar-refractivity contribution in [3.8, 4) is 11.8 Å².